The zero-order valence-electron chi connectivity index (χ0n) is 10.2. The average molecular weight is 260 g/mol. The maximum absolute atomic E-state index is 12.1. The predicted molar refractivity (Wildman–Crippen MR) is 62.8 cm³/mol. The Bertz CT molecular complexity index is 302. The minimum atomic E-state index is -1.16. The summed E-state index contributed by atoms with van der Waals surface area (Å²) in [6, 6.07) is -1.08. The largest absolute Gasteiger partial charge is 0.480 e. The van der Waals surface area contributed by atoms with Gasteiger partial charge >= 0.3 is 5.97 Å². The molecule has 1 fully saturated rings. The van der Waals surface area contributed by atoms with Gasteiger partial charge in [0.25, 0.3) is 0 Å². The van der Waals surface area contributed by atoms with Crippen LogP contribution in [0.3, 0.4) is 0 Å². The van der Waals surface area contributed by atoms with Crippen LogP contribution >= 0.6 is 0 Å². The van der Waals surface area contributed by atoms with Crippen molar-refractivity contribution in [1.82, 2.24) is 5.32 Å². The number of aliphatic carboxylic acids is 1. The first-order valence-corrected chi connectivity index (χ1v) is 5.98. The van der Waals surface area contributed by atoms with Crippen LogP contribution in [0.1, 0.15) is 19.3 Å². The molecule has 5 N–H and O–H groups in total. The van der Waals surface area contributed by atoms with E-state index >= 15 is 0 Å². The highest BCUT2D eigenvalue weighted by Crippen LogP contribution is 2.29. The van der Waals surface area contributed by atoms with Gasteiger partial charge in [0, 0.05) is 32.8 Å². The second kappa shape index (κ2) is 6.67. The van der Waals surface area contributed by atoms with Crippen LogP contribution in [0.2, 0.25) is 0 Å². The molecule has 0 aromatic heterocycles. The zero-order chi connectivity index (χ0) is 13.6. The summed E-state index contributed by atoms with van der Waals surface area (Å²) in [5.41, 5.74) is 4.90. The summed E-state index contributed by atoms with van der Waals surface area (Å²) in [6.07, 6.45) is 0.958. The van der Waals surface area contributed by atoms with Gasteiger partial charge < -0.3 is 26.0 Å². The number of rotatable bonds is 6. The third-order valence-corrected chi connectivity index (χ3v) is 3.34. The number of aliphatic hydroxyl groups is 1. The van der Waals surface area contributed by atoms with E-state index in [9.17, 15) is 9.59 Å². The molecule has 1 rings (SSSR count). The van der Waals surface area contributed by atoms with E-state index in [2.05, 4.69) is 5.32 Å². The minimum Gasteiger partial charge on any atom is -0.480 e. The number of carbonyl (C=O) groups excluding carboxylic acids is 1. The van der Waals surface area contributed by atoms with Gasteiger partial charge in [-0.05, 0) is 12.8 Å². The van der Waals surface area contributed by atoms with Crippen LogP contribution in [-0.2, 0) is 14.3 Å². The summed E-state index contributed by atoms with van der Waals surface area (Å²) in [5.74, 6) is -1.52. The molecule has 0 radical (unpaired) electrons. The third-order valence-electron chi connectivity index (χ3n) is 3.34. The molecule has 0 bridgehead atoms. The molecule has 0 spiro atoms. The number of hydrogen-bond acceptors (Lipinski definition) is 5. The first-order valence-electron chi connectivity index (χ1n) is 5.98. The second-order valence-electron chi connectivity index (χ2n) is 4.47. The van der Waals surface area contributed by atoms with Crippen molar-refractivity contribution in [3.63, 3.8) is 0 Å². The van der Waals surface area contributed by atoms with Crippen molar-refractivity contribution in [3.05, 3.63) is 0 Å². The summed E-state index contributed by atoms with van der Waals surface area (Å²) in [7, 11) is 0. The van der Waals surface area contributed by atoms with Gasteiger partial charge in [0.15, 0.2) is 0 Å². The van der Waals surface area contributed by atoms with E-state index < -0.39 is 17.4 Å². The van der Waals surface area contributed by atoms with Gasteiger partial charge in [-0.25, -0.2) is 4.79 Å². The van der Waals surface area contributed by atoms with E-state index in [1.54, 1.807) is 0 Å². The van der Waals surface area contributed by atoms with Crippen molar-refractivity contribution in [2.75, 3.05) is 26.4 Å². The molecule has 1 aliphatic rings. The van der Waals surface area contributed by atoms with Crippen LogP contribution in [0.5, 0.6) is 0 Å². The zero-order valence-corrected chi connectivity index (χ0v) is 10.2. The van der Waals surface area contributed by atoms with Crippen LogP contribution in [0.15, 0.2) is 0 Å². The highest BCUT2D eigenvalue weighted by atomic mass is 16.5. The Kier molecular flexibility index (Phi) is 5.52. The van der Waals surface area contributed by atoms with Crippen LogP contribution in [0.25, 0.3) is 0 Å². The lowest BCUT2D eigenvalue weighted by atomic mass is 9.79. The molecular weight excluding hydrogens is 240 g/mol. The molecule has 18 heavy (non-hydrogen) atoms. The van der Waals surface area contributed by atoms with Gasteiger partial charge in [-0.15, -0.1) is 0 Å². The molecule has 1 atom stereocenters. The molecular formula is C11H20N2O5. The number of nitrogens with two attached hydrogens (primary N) is 1. The molecule has 104 valence electrons. The third kappa shape index (κ3) is 3.41. The number of carboxylic acid groups (broad SMARTS) is 1. The Hall–Kier alpha value is -1.18. The molecule has 1 aliphatic heterocycles. The molecule has 1 saturated heterocycles. The fraction of sp³-hybridized carbons (Fsp3) is 0.818. The number of aliphatic hydroxyl groups excluding tert-OH is 1. The normalized spacial score (nSPS) is 20.1. The predicted octanol–water partition coefficient (Wildman–Crippen LogP) is -1.31. The molecule has 7 heteroatoms. The Labute approximate surface area is 105 Å². The summed E-state index contributed by atoms with van der Waals surface area (Å²) in [6.45, 7) is 0.758. The quantitative estimate of drug-likeness (QED) is 0.470. The molecule has 0 aromatic rings. The van der Waals surface area contributed by atoms with Crippen molar-refractivity contribution in [2.45, 2.75) is 25.3 Å². The molecule has 0 aromatic carbocycles. The lowest BCUT2D eigenvalue weighted by Crippen LogP contribution is -2.53. The molecule has 0 aliphatic carbocycles. The van der Waals surface area contributed by atoms with E-state index in [0.29, 0.717) is 26.1 Å². The summed E-state index contributed by atoms with van der Waals surface area (Å²) in [4.78, 5) is 23.1. The molecule has 1 heterocycles. The Balaban J connectivity index is 2.68. The maximum atomic E-state index is 12.1. The van der Waals surface area contributed by atoms with Gasteiger partial charge in [0.05, 0.1) is 5.41 Å². The van der Waals surface area contributed by atoms with E-state index in [1.807, 2.05) is 0 Å². The summed E-state index contributed by atoms with van der Waals surface area (Å²) < 4.78 is 5.18. The fourth-order valence-corrected chi connectivity index (χ4v) is 1.98. The van der Waals surface area contributed by atoms with Crippen LogP contribution in [-0.4, -0.2) is 54.5 Å². The van der Waals surface area contributed by atoms with Crippen molar-refractivity contribution in [2.24, 2.45) is 11.1 Å². The smallest absolute Gasteiger partial charge is 0.326 e. The Morgan fingerprint density at radius 2 is 2.00 bits per heavy atom. The van der Waals surface area contributed by atoms with Crippen molar-refractivity contribution < 1.29 is 24.5 Å². The molecule has 7 nitrogen and oxygen atoms in total. The standard InChI is InChI=1S/C11H20N2O5/c12-7-11(2-5-18-6-3-11)10(17)13-8(1-4-14)9(15)16/h8,14H,1-7,12H2,(H,13,17)(H,15,16)/t8-/m1/s1. The summed E-state index contributed by atoms with van der Waals surface area (Å²) in [5, 5.41) is 20.1. The van der Waals surface area contributed by atoms with E-state index in [4.69, 9.17) is 20.7 Å². The topological polar surface area (TPSA) is 122 Å². The van der Waals surface area contributed by atoms with Gasteiger partial charge in [0.1, 0.15) is 6.04 Å². The first kappa shape index (κ1) is 14.9. The lowest BCUT2D eigenvalue weighted by molar-refractivity contribution is -0.146. The Morgan fingerprint density at radius 3 is 2.44 bits per heavy atom. The maximum Gasteiger partial charge on any atom is 0.326 e. The highest BCUT2D eigenvalue weighted by Gasteiger charge is 2.40. The van der Waals surface area contributed by atoms with E-state index in [1.165, 1.54) is 0 Å². The number of hydrogen-bond donors (Lipinski definition) is 4. The highest BCUT2D eigenvalue weighted by molar-refractivity contribution is 5.87. The van der Waals surface area contributed by atoms with Crippen molar-refractivity contribution in [1.29, 1.82) is 0 Å². The lowest BCUT2D eigenvalue weighted by Gasteiger charge is -2.35. The SMILES string of the molecule is NCC1(C(=O)N[C@H](CCO)C(=O)O)CCOCC1. The van der Waals surface area contributed by atoms with E-state index in [-0.39, 0.29) is 25.5 Å². The molecule has 0 saturated carbocycles. The van der Waals surface area contributed by atoms with Crippen LogP contribution in [0, 0.1) is 5.41 Å². The number of ether oxygens (including phenoxy) is 1. The van der Waals surface area contributed by atoms with Gasteiger partial charge in [-0.2, -0.15) is 0 Å². The number of amides is 1. The Morgan fingerprint density at radius 1 is 1.39 bits per heavy atom. The summed E-state index contributed by atoms with van der Waals surface area (Å²) >= 11 is 0. The second-order valence-corrected chi connectivity index (χ2v) is 4.47. The van der Waals surface area contributed by atoms with Crippen molar-refractivity contribution >= 4 is 11.9 Å². The van der Waals surface area contributed by atoms with Crippen LogP contribution < -0.4 is 11.1 Å². The fourth-order valence-electron chi connectivity index (χ4n) is 1.98. The van der Waals surface area contributed by atoms with Gasteiger partial charge in [0.2, 0.25) is 5.91 Å². The monoisotopic (exact) mass is 260 g/mol. The van der Waals surface area contributed by atoms with Crippen molar-refractivity contribution in [3.8, 4) is 0 Å². The minimum absolute atomic E-state index is 0.0157. The van der Waals surface area contributed by atoms with Gasteiger partial charge in [-0.3, -0.25) is 4.79 Å². The van der Waals surface area contributed by atoms with Crippen LogP contribution in [0.4, 0.5) is 0 Å². The molecule has 1 amide bonds. The van der Waals surface area contributed by atoms with Gasteiger partial charge in [-0.1, -0.05) is 0 Å². The number of carboxylic acids is 1. The molecule has 0 unspecified atom stereocenters. The first-order chi connectivity index (χ1) is 8.55. The number of carbonyl (C=O) groups is 2. The number of nitrogens with one attached hydrogen (secondary N) is 1. The van der Waals surface area contributed by atoms with E-state index in [0.717, 1.165) is 0 Å². The average Bonchev–Trinajstić information content (AvgIpc) is 2.38.